The number of halogens is 1. The van der Waals surface area contributed by atoms with E-state index < -0.39 is 4.92 Å². The Morgan fingerprint density at radius 3 is 2.89 bits per heavy atom. The second-order valence-corrected chi connectivity index (χ2v) is 4.33. The number of hydrogen-bond acceptors (Lipinski definition) is 5. The number of aromatic nitrogens is 1. The van der Waals surface area contributed by atoms with Crippen LogP contribution in [0.25, 0.3) is 0 Å². The second-order valence-electron chi connectivity index (χ2n) is 3.48. The molecule has 0 unspecified atom stereocenters. The van der Waals surface area contributed by atoms with Gasteiger partial charge < -0.3 is 10.6 Å². The van der Waals surface area contributed by atoms with Gasteiger partial charge in [-0.15, -0.1) is 0 Å². The van der Waals surface area contributed by atoms with E-state index in [2.05, 4.69) is 31.5 Å². The lowest BCUT2D eigenvalue weighted by Crippen LogP contribution is -2.30. The lowest BCUT2D eigenvalue weighted by atomic mass is 10.3. The molecule has 0 saturated heterocycles. The summed E-state index contributed by atoms with van der Waals surface area (Å²) in [5, 5.41) is 16.2. The Kier molecular flexibility index (Phi) is 5.50. The number of nitrogens with one attached hydrogen (secondary N) is 2. The van der Waals surface area contributed by atoms with Crippen LogP contribution in [0.1, 0.15) is 13.3 Å². The average Bonchev–Trinajstić information content (AvgIpc) is 2.34. The van der Waals surface area contributed by atoms with Crippen LogP contribution < -0.4 is 10.6 Å². The largest absolute Gasteiger partial charge is 0.370 e. The first-order chi connectivity index (χ1) is 8.56. The van der Waals surface area contributed by atoms with E-state index in [1.807, 2.05) is 6.92 Å². The summed E-state index contributed by atoms with van der Waals surface area (Å²) in [4.78, 5) is 25.4. The van der Waals surface area contributed by atoms with Crippen molar-refractivity contribution >= 4 is 33.2 Å². The smallest absolute Gasteiger partial charge is 0.311 e. The van der Waals surface area contributed by atoms with E-state index in [9.17, 15) is 14.9 Å². The van der Waals surface area contributed by atoms with Gasteiger partial charge >= 0.3 is 5.69 Å². The molecule has 0 aliphatic heterocycles. The summed E-state index contributed by atoms with van der Waals surface area (Å²) in [7, 11) is 0. The maximum absolute atomic E-state index is 11.4. The number of pyridine rings is 1. The molecule has 0 atom stereocenters. The number of amides is 1. The molecule has 0 bridgehead atoms. The molecule has 0 aliphatic rings. The summed E-state index contributed by atoms with van der Waals surface area (Å²) < 4.78 is 0.444. The second kappa shape index (κ2) is 6.90. The fourth-order valence-electron chi connectivity index (χ4n) is 1.23. The molecule has 18 heavy (non-hydrogen) atoms. The maximum Gasteiger partial charge on any atom is 0.311 e. The van der Waals surface area contributed by atoms with E-state index in [-0.39, 0.29) is 23.8 Å². The van der Waals surface area contributed by atoms with Crippen LogP contribution in [0, 0.1) is 10.1 Å². The van der Waals surface area contributed by atoms with E-state index in [0.29, 0.717) is 11.0 Å². The molecule has 1 aromatic heterocycles. The molecule has 1 heterocycles. The van der Waals surface area contributed by atoms with Crippen molar-refractivity contribution in [2.24, 2.45) is 0 Å². The van der Waals surface area contributed by atoms with Crippen molar-refractivity contribution in [2.75, 3.05) is 18.4 Å². The number of carbonyl (C=O) groups excluding carboxylic acids is 1. The van der Waals surface area contributed by atoms with Crippen LogP contribution in [0.15, 0.2) is 16.9 Å². The van der Waals surface area contributed by atoms with Gasteiger partial charge in [0, 0.05) is 12.7 Å². The molecule has 0 saturated carbocycles. The molecule has 0 aromatic carbocycles. The Morgan fingerprint density at radius 1 is 1.56 bits per heavy atom. The van der Waals surface area contributed by atoms with Gasteiger partial charge in [0.25, 0.3) is 0 Å². The van der Waals surface area contributed by atoms with Gasteiger partial charge in [0.15, 0.2) is 0 Å². The molecule has 2 N–H and O–H groups in total. The standard InChI is InChI=1S/C10H13BrN4O3/c1-2-3-13-9(16)6-14-10-7(11)4-12-5-8(10)15(17)18/h4-5H,2-3,6H2,1H3,(H,12,14)(H,13,16). The first-order valence-corrected chi connectivity index (χ1v) is 6.14. The van der Waals surface area contributed by atoms with Gasteiger partial charge in [0.2, 0.25) is 5.91 Å². The third-order valence-electron chi connectivity index (χ3n) is 2.07. The molecular formula is C10H13BrN4O3. The minimum absolute atomic E-state index is 0.0244. The van der Waals surface area contributed by atoms with Gasteiger partial charge in [-0.05, 0) is 22.4 Å². The Hall–Kier alpha value is -1.70. The summed E-state index contributed by atoms with van der Waals surface area (Å²) in [6.45, 7) is 2.50. The van der Waals surface area contributed by atoms with Crippen molar-refractivity contribution in [3.63, 3.8) is 0 Å². The number of anilines is 1. The topological polar surface area (TPSA) is 97.2 Å². The highest BCUT2D eigenvalue weighted by Crippen LogP contribution is 2.30. The monoisotopic (exact) mass is 316 g/mol. The van der Waals surface area contributed by atoms with Crippen LogP contribution >= 0.6 is 15.9 Å². The summed E-state index contributed by atoms with van der Waals surface area (Å²) in [5.74, 6) is -0.213. The molecule has 1 aromatic rings. The number of rotatable bonds is 6. The van der Waals surface area contributed by atoms with Crippen LogP contribution in [-0.4, -0.2) is 28.9 Å². The first-order valence-electron chi connectivity index (χ1n) is 5.34. The first kappa shape index (κ1) is 14.4. The third-order valence-corrected chi connectivity index (χ3v) is 2.68. The molecule has 0 radical (unpaired) electrons. The van der Waals surface area contributed by atoms with E-state index in [4.69, 9.17) is 0 Å². The van der Waals surface area contributed by atoms with Crippen molar-refractivity contribution in [1.82, 2.24) is 10.3 Å². The van der Waals surface area contributed by atoms with Crippen molar-refractivity contribution in [2.45, 2.75) is 13.3 Å². The molecule has 8 heteroatoms. The number of nitrogens with zero attached hydrogens (tertiary/aromatic N) is 2. The Labute approximate surface area is 112 Å². The maximum atomic E-state index is 11.4. The fourth-order valence-corrected chi connectivity index (χ4v) is 1.70. The third kappa shape index (κ3) is 3.95. The number of hydrogen-bond donors (Lipinski definition) is 2. The zero-order chi connectivity index (χ0) is 13.5. The lowest BCUT2D eigenvalue weighted by molar-refractivity contribution is -0.384. The number of nitro groups is 1. The predicted octanol–water partition coefficient (Wildman–Crippen LogP) is 1.69. The Bertz CT molecular complexity index is 453. The minimum Gasteiger partial charge on any atom is -0.370 e. The molecule has 1 amide bonds. The van der Waals surface area contributed by atoms with Crippen LogP contribution in [0.2, 0.25) is 0 Å². The van der Waals surface area contributed by atoms with E-state index in [1.165, 1.54) is 6.20 Å². The summed E-state index contributed by atoms with van der Waals surface area (Å²) in [5.41, 5.74) is 0.0781. The molecule has 0 fully saturated rings. The predicted molar refractivity (Wildman–Crippen MR) is 70.4 cm³/mol. The molecular weight excluding hydrogens is 304 g/mol. The average molecular weight is 317 g/mol. The van der Waals surface area contributed by atoms with Gasteiger partial charge in [-0.2, -0.15) is 0 Å². The van der Waals surface area contributed by atoms with E-state index >= 15 is 0 Å². The zero-order valence-electron chi connectivity index (χ0n) is 9.77. The number of carbonyl (C=O) groups is 1. The summed E-state index contributed by atoms with van der Waals surface area (Å²) in [6, 6.07) is 0. The summed E-state index contributed by atoms with van der Waals surface area (Å²) in [6.07, 6.45) is 3.40. The highest BCUT2D eigenvalue weighted by atomic mass is 79.9. The van der Waals surface area contributed by atoms with Crippen LogP contribution in [-0.2, 0) is 4.79 Å². The highest BCUT2D eigenvalue weighted by Gasteiger charge is 2.17. The fraction of sp³-hybridized carbons (Fsp3) is 0.400. The van der Waals surface area contributed by atoms with Gasteiger partial charge in [-0.25, -0.2) is 0 Å². The van der Waals surface area contributed by atoms with Gasteiger partial charge in [-0.3, -0.25) is 19.9 Å². The molecule has 1 rings (SSSR count). The van der Waals surface area contributed by atoms with Crippen LogP contribution in [0.5, 0.6) is 0 Å². The quantitative estimate of drug-likeness (QED) is 0.615. The van der Waals surface area contributed by atoms with Crippen molar-refractivity contribution in [3.8, 4) is 0 Å². The molecule has 0 spiro atoms. The Balaban J connectivity index is 2.72. The molecule has 0 aliphatic carbocycles. The highest BCUT2D eigenvalue weighted by molar-refractivity contribution is 9.10. The van der Waals surface area contributed by atoms with E-state index in [1.54, 1.807) is 0 Å². The lowest BCUT2D eigenvalue weighted by Gasteiger charge is -2.08. The van der Waals surface area contributed by atoms with Crippen molar-refractivity contribution < 1.29 is 9.72 Å². The van der Waals surface area contributed by atoms with Crippen LogP contribution in [0.4, 0.5) is 11.4 Å². The summed E-state index contributed by atoms with van der Waals surface area (Å²) >= 11 is 3.16. The SMILES string of the molecule is CCCNC(=O)CNc1c(Br)cncc1[N+](=O)[O-]. The molecule has 98 valence electrons. The molecule has 7 nitrogen and oxygen atoms in total. The Morgan fingerprint density at radius 2 is 2.28 bits per heavy atom. The van der Waals surface area contributed by atoms with Gasteiger partial charge in [-0.1, -0.05) is 6.92 Å². The van der Waals surface area contributed by atoms with Crippen LogP contribution in [0.3, 0.4) is 0 Å². The minimum atomic E-state index is -0.552. The van der Waals surface area contributed by atoms with Crippen molar-refractivity contribution in [3.05, 3.63) is 27.0 Å². The van der Waals surface area contributed by atoms with Gasteiger partial charge in [0.1, 0.15) is 11.9 Å². The van der Waals surface area contributed by atoms with Gasteiger partial charge in [0.05, 0.1) is 15.9 Å². The van der Waals surface area contributed by atoms with E-state index in [0.717, 1.165) is 12.6 Å². The normalized spacial score (nSPS) is 9.89. The zero-order valence-corrected chi connectivity index (χ0v) is 11.4. The van der Waals surface area contributed by atoms with Crippen molar-refractivity contribution in [1.29, 1.82) is 0 Å².